The second-order valence-corrected chi connectivity index (χ2v) is 4.29. The third-order valence-corrected chi connectivity index (χ3v) is 2.81. The van der Waals surface area contributed by atoms with Crippen LogP contribution in [-0.4, -0.2) is 17.9 Å². The molecule has 0 aliphatic rings. The van der Waals surface area contributed by atoms with Crippen LogP contribution in [0.2, 0.25) is 0 Å². The molecule has 1 aromatic rings. The van der Waals surface area contributed by atoms with E-state index in [0.29, 0.717) is 0 Å². The van der Waals surface area contributed by atoms with Gasteiger partial charge < -0.3 is 5.73 Å². The molecule has 1 rings (SSSR count). The van der Waals surface area contributed by atoms with Crippen LogP contribution in [0.5, 0.6) is 0 Å². The van der Waals surface area contributed by atoms with Crippen molar-refractivity contribution in [3.05, 3.63) is 27.8 Å². The number of nitrogens with zero attached hydrogens (tertiary/aromatic N) is 1. The average molecular weight is 232 g/mol. The molecule has 1 aromatic carbocycles. The maximum atomic E-state index is 10.9. The Morgan fingerprint density at radius 3 is 2.40 bits per heavy atom. The molecule has 0 fully saturated rings. The monoisotopic (exact) mass is 232 g/mol. The molecule has 8 heteroatoms. The highest BCUT2D eigenvalue weighted by Crippen LogP contribution is 2.27. The lowest BCUT2D eigenvalue weighted by molar-refractivity contribution is -0.385. The molecule has 0 saturated heterocycles. The summed E-state index contributed by atoms with van der Waals surface area (Å²) in [5.74, 6) is 0. The topological polar surface area (TPSA) is 124 Å². The van der Waals surface area contributed by atoms with Gasteiger partial charge in [0.05, 0.1) is 4.92 Å². The lowest BCUT2D eigenvalue weighted by atomic mass is 10.2. The minimum Gasteiger partial charge on any atom is -0.398 e. The van der Waals surface area contributed by atoms with Crippen molar-refractivity contribution in [3.63, 3.8) is 0 Å². The van der Waals surface area contributed by atoms with Gasteiger partial charge in [-0.2, -0.15) is 8.42 Å². The van der Waals surface area contributed by atoms with Crippen molar-refractivity contribution in [3.8, 4) is 0 Å². The second-order valence-electron chi connectivity index (χ2n) is 2.90. The number of hydrogen-bond donors (Lipinski definition) is 2. The Labute approximate surface area is 85.4 Å². The number of hydrogen-bond acceptors (Lipinski definition) is 5. The fourth-order valence-corrected chi connectivity index (χ4v) is 1.93. The zero-order chi connectivity index (χ0) is 11.8. The maximum Gasteiger partial charge on any atom is 0.295 e. The van der Waals surface area contributed by atoms with E-state index >= 15 is 0 Å². The molecule has 0 amide bonds. The Hall–Kier alpha value is -1.67. The molecule has 7 nitrogen and oxygen atoms in total. The van der Waals surface area contributed by atoms with Gasteiger partial charge in [0.25, 0.3) is 15.8 Å². The largest absolute Gasteiger partial charge is 0.398 e. The summed E-state index contributed by atoms with van der Waals surface area (Å²) >= 11 is 0. The number of nitro groups is 1. The van der Waals surface area contributed by atoms with Gasteiger partial charge in [-0.1, -0.05) is 0 Å². The fraction of sp³-hybridized carbons (Fsp3) is 0.143. The van der Waals surface area contributed by atoms with Gasteiger partial charge >= 0.3 is 0 Å². The molecule has 0 unspecified atom stereocenters. The molecular formula is C7H8N2O5S. The maximum absolute atomic E-state index is 10.9. The van der Waals surface area contributed by atoms with Crippen LogP contribution in [0.15, 0.2) is 17.0 Å². The molecule has 3 N–H and O–H groups in total. The molecule has 0 radical (unpaired) electrons. The van der Waals surface area contributed by atoms with Crippen LogP contribution in [-0.2, 0) is 10.1 Å². The normalized spacial score (nSPS) is 11.3. The summed E-state index contributed by atoms with van der Waals surface area (Å²) in [7, 11) is -4.50. The van der Waals surface area contributed by atoms with E-state index in [1.54, 1.807) is 0 Å². The number of nitrogen functional groups attached to an aromatic ring is 1. The van der Waals surface area contributed by atoms with Crippen molar-refractivity contribution >= 4 is 21.5 Å². The summed E-state index contributed by atoms with van der Waals surface area (Å²) in [6.45, 7) is 1.22. The Bertz CT molecular complexity index is 522. The molecule has 0 heterocycles. The van der Waals surface area contributed by atoms with Gasteiger partial charge in [-0.05, 0) is 13.0 Å². The SMILES string of the molecule is Cc1c([N+](=O)[O-])cc(N)cc1S(=O)(=O)O. The van der Waals surface area contributed by atoms with E-state index in [1.807, 2.05) is 0 Å². The number of benzene rings is 1. The molecule has 82 valence electrons. The highest BCUT2D eigenvalue weighted by molar-refractivity contribution is 7.85. The minimum absolute atomic E-state index is 0.0973. The molecule has 0 bridgehead atoms. The Morgan fingerprint density at radius 2 is 2.00 bits per heavy atom. The van der Waals surface area contributed by atoms with Crippen LogP contribution in [0.4, 0.5) is 11.4 Å². The summed E-state index contributed by atoms with van der Waals surface area (Å²) in [6, 6.07) is 2.00. The minimum atomic E-state index is -4.50. The van der Waals surface area contributed by atoms with Gasteiger partial charge in [-0.25, -0.2) is 0 Å². The highest BCUT2D eigenvalue weighted by atomic mass is 32.2. The summed E-state index contributed by atoms with van der Waals surface area (Å²) in [6.07, 6.45) is 0. The second kappa shape index (κ2) is 3.48. The van der Waals surface area contributed by atoms with Gasteiger partial charge in [-0.15, -0.1) is 0 Å². The lowest BCUT2D eigenvalue weighted by Gasteiger charge is -2.04. The quantitative estimate of drug-likeness (QED) is 0.335. The van der Waals surface area contributed by atoms with E-state index < -0.39 is 25.6 Å². The molecule has 0 atom stereocenters. The van der Waals surface area contributed by atoms with Crippen molar-refractivity contribution in [2.75, 3.05) is 5.73 Å². The van der Waals surface area contributed by atoms with Crippen molar-refractivity contribution in [2.45, 2.75) is 11.8 Å². The van der Waals surface area contributed by atoms with E-state index in [0.717, 1.165) is 12.1 Å². The van der Waals surface area contributed by atoms with Crippen LogP contribution in [0.3, 0.4) is 0 Å². The van der Waals surface area contributed by atoms with Crippen molar-refractivity contribution < 1.29 is 17.9 Å². The molecule has 0 aliphatic heterocycles. The third kappa shape index (κ3) is 2.22. The summed E-state index contributed by atoms with van der Waals surface area (Å²) in [5, 5.41) is 10.5. The smallest absolute Gasteiger partial charge is 0.295 e. The van der Waals surface area contributed by atoms with E-state index in [4.69, 9.17) is 10.3 Å². The van der Waals surface area contributed by atoms with Crippen LogP contribution in [0.25, 0.3) is 0 Å². The van der Waals surface area contributed by atoms with Gasteiger partial charge in [0, 0.05) is 17.3 Å². The van der Waals surface area contributed by atoms with Crippen LogP contribution < -0.4 is 5.73 Å². The molecule has 15 heavy (non-hydrogen) atoms. The molecular weight excluding hydrogens is 224 g/mol. The van der Waals surface area contributed by atoms with Crippen molar-refractivity contribution in [2.24, 2.45) is 0 Å². The van der Waals surface area contributed by atoms with Crippen LogP contribution in [0.1, 0.15) is 5.56 Å². The average Bonchev–Trinajstić information content (AvgIpc) is 2.06. The molecule has 0 saturated carbocycles. The van der Waals surface area contributed by atoms with E-state index in [1.165, 1.54) is 6.92 Å². The van der Waals surface area contributed by atoms with Gasteiger partial charge in [0.15, 0.2) is 0 Å². The number of nitrogens with two attached hydrogens (primary N) is 1. The first-order chi connectivity index (χ1) is 6.73. The predicted octanol–water partition coefficient (Wildman–Crippen LogP) is 0.732. The molecule has 0 aliphatic carbocycles. The fourth-order valence-electron chi connectivity index (χ4n) is 1.15. The molecule has 0 spiro atoms. The van der Waals surface area contributed by atoms with Gasteiger partial charge in [-0.3, -0.25) is 14.7 Å². The summed E-state index contributed by atoms with van der Waals surface area (Å²) in [5.41, 5.74) is 4.60. The van der Waals surface area contributed by atoms with Crippen molar-refractivity contribution in [1.29, 1.82) is 0 Å². The summed E-state index contributed by atoms with van der Waals surface area (Å²) < 4.78 is 30.5. The lowest BCUT2D eigenvalue weighted by Crippen LogP contribution is -2.05. The summed E-state index contributed by atoms with van der Waals surface area (Å²) in [4.78, 5) is 9.22. The Kier molecular flexibility index (Phi) is 2.65. The first kappa shape index (κ1) is 11.4. The number of nitro benzene ring substituents is 1. The standard InChI is InChI=1S/C7H8N2O5S/c1-4-6(9(10)11)2-5(8)3-7(4)15(12,13)14/h2-3H,8H2,1H3,(H,12,13,14). The van der Waals surface area contributed by atoms with Crippen LogP contribution >= 0.6 is 0 Å². The Balaban J connectivity index is 3.63. The van der Waals surface area contributed by atoms with Crippen LogP contribution in [0, 0.1) is 17.0 Å². The zero-order valence-electron chi connectivity index (χ0n) is 7.67. The van der Waals surface area contributed by atoms with Crippen molar-refractivity contribution in [1.82, 2.24) is 0 Å². The first-order valence-corrected chi connectivity index (χ1v) is 5.19. The Morgan fingerprint density at radius 1 is 1.47 bits per heavy atom. The van der Waals surface area contributed by atoms with E-state index in [2.05, 4.69) is 0 Å². The van der Waals surface area contributed by atoms with E-state index in [9.17, 15) is 18.5 Å². The number of anilines is 1. The third-order valence-electron chi connectivity index (χ3n) is 1.83. The number of rotatable bonds is 2. The predicted molar refractivity (Wildman–Crippen MR) is 52.1 cm³/mol. The zero-order valence-corrected chi connectivity index (χ0v) is 8.48. The highest BCUT2D eigenvalue weighted by Gasteiger charge is 2.22. The van der Waals surface area contributed by atoms with E-state index in [-0.39, 0.29) is 11.3 Å². The first-order valence-electron chi connectivity index (χ1n) is 3.75. The van der Waals surface area contributed by atoms with Gasteiger partial charge in [0.1, 0.15) is 4.90 Å². The molecule has 0 aromatic heterocycles. The van der Waals surface area contributed by atoms with Gasteiger partial charge in [0.2, 0.25) is 0 Å².